The number of benzene rings is 1. The summed E-state index contributed by atoms with van der Waals surface area (Å²) >= 11 is 1.21. The molecule has 1 heterocycles. The molecule has 1 amide bonds. The van der Waals surface area contributed by atoms with Crippen LogP contribution in [0.25, 0.3) is 0 Å². The lowest BCUT2D eigenvalue weighted by molar-refractivity contribution is -0.123. The lowest BCUT2D eigenvalue weighted by Gasteiger charge is -2.13. The number of alkyl halides is 1. The van der Waals surface area contributed by atoms with Gasteiger partial charge in [0.2, 0.25) is 6.17 Å². The predicted octanol–water partition coefficient (Wildman–Crippen LogP) is 2.04. The van der Waals surface area contributed by atoms with Crippen LogP contribution in [0.15, 0.2) is 29.2 Å². The zero-order valence-electron chi connectivity index (χ0n) is 8.07. The van der Waals surface area contributed by atoms with Crippen LogP contribution in [0.3, 0.4) is 0 Å². The molecule has 0 radical (unpaired) electrons. The lowest BCUT2D eigenvalue weighted by atomic mass is 10.3. The molecular weight excluding hydrogens is 217 g/mol. The maximum atomic E-state index is 13.5. The van der Waals surface area contributed by atoms with E-state index in [2.05, 4.69) is 5.32 Å². The maximum absolute atomic E-state index is 13.5. The number of amides is 1. The zero-order valence-corrected chi connectivity index (χ0v) is 8.88. The van der Waals surface area contributed by atoms with E-state index < -0.39 is 17.5 Å². The summed E-state index contributed by atoms with van der Waals surface area (Å²) in [7, 11) is 1.39. The van der Waals surface area contributed by atoms with E-state index in [1.807, 2.05) is 12.1 Å². The van der Waals surface area contributed by atoms with Crippen LogP contribution in [0, 0.1) is 0 Å². The van der Waals surface area contributed by atoms with Gasteiger partial charge in [0.25, 0.3) is 5.91 Å². The Labute approximate surface area is 91.0 Å². The smallest absolute Gasteiger partial charge is 0.262 e. The summed E-state index contributed by atoms with van der Waals surface area (Å²) in [5.74, 6) is -0.653. The Hall–Kier alpha value is -1.07. The molecule has 2 unspecified atom stereocenters. The first kappa shape index (κ1) is 10.4. The van der Waals surface area contributed by atoms with Crippen LogP contribution < -0.4 is 5.32 Å². The van der Waals surface area contributed by atoms with Crippen LogP contribution in [-0.2, 0) is 9.53 Å². The van der Waals surface area contributed by atoms with Gasteiger partial charge in [-0.3, -0.25) is 4.79 Å². The minimum absolute atomic E-state index is 0.634. The van der Waals surface area contributed by atoms with E-state index in [4.69, 9.17) is 4.74 Å². The predicted molar refractivity (Wildman–Crippen MR) is 56.6 cm³/mol. The van der Waals surface area contributed by atoms with Crippen molar-refractivity contribution in [3.63, 3.8) is 0 Å². The van der Waals surface area contributed by atoms with Crippen LogP contribution >= 0.6 is 11.8 Å². The third-order valence-electron chi connectivity index (χ3n) is 2.11. The van der Waals surface area contributed by atoms with Crippen molar-refractivity contribution in [1.82, 2.24) is 0 Å². The lowest BCUT2D eigenvalue weighted by Crippen LogP contribution is -2.32. The van der Waals surface area contributed by atoms with Gasteiger partial charge in [0, 0.05) is 12.0 Å². The van der Waals surface area contributed by atoms with Gasteiger partial charge in [-0.1, -0.05) is 23.9 Å². The molecule has 2 rings (SSSR count). The van der Waals surface area contributed by atoms with Gasteiger partial charge in [0.1, 0.15) is 5.44 Å². The Morgan fingerprint density at radius 2 is 2.20 bits per heavy atom. The second kappa shape index (κ2) is 4.20. The van der Waals surface area contributed by atoms with Gasteiger partial charge in [-0.25, -0.2) is 4.39 Å². The average molecular weight is 227 g/mol. The van der Waals surface area contributed by atoms with Gasteiger partial charge in [0.05, 0.1) is 5.69 Å². The first-order valence-corrected chi connectivity index (χ1v) is 5.34. The number of hydrogen-bond donors (Lipinski definition) is 1. The highest BCUT2D eigenvalue weighted by Gasteiger charge is 2.33. The largest absolute Gasteiger partial charge is 0.367 e. The van der Waals surface area contributed by atoms with Gasteiger partial charge >= 0.3 is 0 Å². The Morgan fingerprint density at radius 3 is 2.93 bits per heavy atom. The summed E-state index contributed by atoms with van der Waals surface area (Å²) in [6, 6.07) is 7.19. The molecule has 0 bridgehead atoms. The van der Waals surface area contributed by atoms with E-state index in [1.165, 1.54) is 18.9 Å². The number of methoxy groups -OCH3 is 1. The Kier molecular flexibility index (Phi) is 2.93. The molecule has 0 saturated carbocycles. The third-order valence-corrected chi connectivity index (χ3v) is 3.38. The summed E-state index contributed by atoms with van der Waals surface area (Å²) in [5, 5.41) is 2.52. The molecule has 1 N–H and O–H groups in total. The molecule has 2 atom stereocenters. The molecule has 0 saturated heterocycles. The molecule has 3 nitrogen and oxygen atoms in total. The Morgan fingerprint density at radius 1 is 1.47 bits per heavy atom. The normalized spacial score (nSPS) is 25.3. The molecule has 0 spiro atoms. The molecule has 0 aliphatic carbocycles. The fourth-order valence-corrected chi connectivity index (χ4v) is 2.34. The number of nitrogens with one attached hydrogen (secondary N) is 1. The van der Waals surface area contributed by atoms with Crippen LogP contribution in [0.4, 0.5) is 10.1 Å². The summed E-state index contributed by atoms with van der Waals surface area (Å²) in [6.07, 6.45) is -1.65. The minimum atomic E-state index is -1.65. The standard InChI is InChI=1S/C10H10FNO2S/c1-14-10-8(11)9(13)12-6-4-2-3-5-7(6)15-10/h2-5,8,10H,1H3,(H,12,13). The highest BCUT2D eigenvalue weighted by molar-refractivity contribution is 8.00. The van der Waals surface area contributed by atoms with E-state index in [9.17, 15) is 9.18 Å². The number of para-hydroxylation sites is 1. The topological polar surface area (TPSA) is 38.3 Å². The van der Waals surface area contributed by atoms with Crippen LogP contribution in [-0.4, -0.2) is 24.6 Å². The fourth-order valence-electron chi connectivity index (χ4n) is 1.35. The molecule has 0 fully saturated rings. The molecule has 1 aromatic carbocycles. The molecular formula is C10H10FNO2S. The van der Waals surface area contributed by atoms with Crippen molar-refractivity contribution in [2.45, 2.75) is 16.5 Å². The van der Waals surface area contributed by atoms with Gasteiger partial charge in [-0.15, -0.1) is 0 Å². The van der Waals surface area contributed by atoms with Crippen LogP contribution in [0.2, 0.25) is 0 Å². The van der Waals surface area contributed by atoms with Crippen molar-refractivity contribution in [2.24, 2.45) is 0 Å². The number of anilines is 1. The fraction of sp³-hybridized carbons (Fsp3) is 0.300. The third kappa shape index (κ3) is 1.98. The van der Waals surface area contributed by atoms with E-state index in [0.29, 0.717) is 5.69 Å². The van der Waals surface area contributed by atoms with Crippen LogP contribution in [0.1, 0.15) is 0 Å². The highest BCUT2D eigenvalue weighted by atomic mass is 32.2. The van der Waals surface area contributed by atoms with E-state index in [1.54, 1.807) is 12.1 Å². The number of hydrogen-bond acceptors (Lipinski definition) is 3. The van der Waals surface area contributed by atoms with Crippen molar-refractivity contribution in [3.8, 4) is 0 Å². The number of rotatable bonds is 1. The summed E-state index contributed by atoms with van der Waals surface area (Å²) in [6.45, 7) is 0. The Balaban J connectivity index is 2.37. The van der Waals surface area contributed by atoms with Crippen molar-refractivity contribution in [3.05, 3.63) is 24.3 Å². The van der Waals surface area contributed by atoms with Crippen LogP contribution in [0.5, 0.6) is 0 Å². The molecule has 1 aromatic rings. The van der Waals surface area contributed by atoms with Crippen molar-refractivity contribution < 1.29 is 13.9 Å². The maximum Gasteiger partial charge on any atom is 0.262 e. The van der Waals surface area contributed by atoms with E-state index in [0.717, 1.165) is 4.90 Å². The number of thioether (sulfide) groups is 1. The zero-order chi connectivity index (χ0) is 10.8. The van der Waals surface area contributed by atoms with Gasteiger partial charge in [-0.2, -0.15) is 0 Å². The number of fused-ring (bicyclic) bond motifs is 1. The number of carbonyl (C=O) groups is 1. The van der Waals surface area contributed by atoms with Gasteiger partial charge in [0.15, 0.2) is 0 Å². The summed E-state index contributed by atoms with van der Waals surface area (Å²) in [4.78, 5) is 12.2. The average Bonchev–Trinajstić information content (AvgIpc) is 2.37. The molecule has 80 valence electrons. The number of carbonyl (C=O) groups excluding carboxylic acids is 1. The highest BCUT2D eigenvalue weighted by Crippen LogP contribution is 2.36. The van der Waals surface area contributed by atoms with Crippen molar-refractivity contribution in [1.29, 1.82) is 0 Å². The second-order valence-electron chi connectivity index (χ2n) is 3.11. The molecule has 5 heteroatoms. The second-order valence-corrected chi connectivity index (χ2v) is 4.25. The van der Waals surface area contributed by atoms with Gasteiger partial charge in [-0.05, 0) is 12.1 Å². The molecule has 1 aliphatic heterocycles. The summed E-state index contributed by atoms with van der Waals surface area (Å²) < 4.78 is 18.4. The Bertz CT molecular complexity index is 385. The monoisotopic (exact) mass is 227 g/mol. The molecule has 15 heavy (non-hydrogen) atoms. The van der Waals surface area contributed by atoms with E-state index >= 15 is 0 Å². The van der Waals surface area contributed by atoms with Gasteiger partial charge < -0.3 is 10.1 Å². The summed E-state index contributed by atoms with van der Waals surface area (Å²) in [5.41, 5.74) is -0.150. The quantitative estimate of drug-likeness (QED) is 0.798. The molecule has 1 aliphatic rings. The first-order valence-electron chi connectivity index (χ1n) is 4.46. The number of halogens is 1. The number of ether oxygens (including phenoxy) is 1. The minimum Gasteiger partial charge on any atom is -0.367 e. The molecule has 0 aromatic heterocycles. The SMILES string of the molecule is COC1Sc2ccccc2NC(=O)C1F. The first-order chi connectivity index (χ1) is 7.22. The van der Waals surface area contributed by atoms with Crippen molar-refractivity contribution >= 4 is 23.4 Å². The van der Waals surface area contributed by atoms with E-state index in [-0.39, 0.29) is 0 Å². The van der Waals surface area contributed by atoms with Crippen molar-refractivity contribution in [2.75, 3.05) is 12.4 Å².